The maximum absolute atomic E-state index is 13.1. The van der Waals surface area contributed by atoms with Crippen LogP contribution in [0.25, 0.3) is 0 Å². The molecule has 0 aliphatic heterocycles. The number of nitrogens with one attached hydrogen (secondary N) is 1. The summed E-state index contributed by atoms with van der Waals surface area (Å²) < 4.78 is 23.8. The summed E-state index contributed by atoms with van der Waals surface area (Å²) in [5, 5.41) is 14.0. The number of aliphatic hydroxyl groups is 1. The maximum atomic E-state index is 13.1. The molecule has 9 heteroatoms. The van der Waals surface area contributed by atoms with Crippen LogP contribution in [0.4, 0.5) is 0 Å². The summed E-state index contributed by atoms with van der Waals surface area (Å²) in [5.74, 6) is -0.187. The Morgan fingerprint density at radius 1 is 0.385 bits per heavy atom. The van der Waals surface area contributed by atoms with E-state index in [1.54, 1.807) is 6.08 Å². The number of phosphoric ester groups is 1. The van der Waals surface area contributed by atoms with Crippen LogP contribution in [0.3, 0.4) is 0 Å². The lowest BCUT2D eigenvalue weighted by Crippen LogP contribution is -2.45. The average molecular weight is 1290 g/mol. The fourth-order valence-electron chi connectivity index (χ4n) is 11.3. The van der Waals surface area contributed by atoms with Gasteiger partial charge < -0.3 is 19.8 Å². The molecule has 8 nitrogen and oxygen atoms in total. The predicted octanol–water partition coefficient (Wildman–Crippen LogP) is 25.4. The topological polar surface area (TPSA) is 105 Å². The molecule has 3 unspecified atom stereocenters. The van der Waals surface area contributed by atoms with Crippen LogP contribution in [-0.4, -0.2) is 73.4 Å². The highest BCUT2D eigenvalue weighted by molar-refractivity contribution is 7.47. The first-order valence-electron chi connectivity index (χ1n) is 38.8. The highest BCUT2D eigenvalue weighted by Crippen LogP contribution is 2.43. The minimum Gasteiger partial charge on any atom is -0.387 e. The number of likely N-dealkylation sites (N-methyl/N-ethyl adjacent to an activating group) is 1. The van der Waals surface area contributed by atoms with Crippen LogP contribution in [0.15, 0.2) is 109 Å². The van der Waals surface area contributed by atoms with Gasteiger partial charge in [0.05, 0.1) is 39.9 Å². The molecule has 0 saturated carbocycles. The van der Waals surface area contributed by atoms with E-state index < -0.39 is 20.0 Å². The van der Waals surface area contributed by atoms with Crippen LogP contribution < -0.4 is 5.32 Å². The van der Waals surface area contributed by atoms with E-state index >= 15 is 0 Å². The Kier molecular flexibility index (Phi) is 69.2. The quantitative estimate of drug-likeness (QED) is 0.0243. The summed E-state index contributed by atoms with van der Waals surface area (Å²) in [5.41, 5.74) is 0. The molecule has 528 valence electrons. The summed E-state index contributed by atoms with van der Waals surface area (Å²) in [7, 11) is 1.55. The molecule has 0 fully saturated rings. The van der Waals surface area contributed by atoms with E-state index in [9.17, 15) is 19.4 Å². The zero-order valence-electron chi connectivity index (χ0n) is 60.6. The van der Waals surface area contributed by atoms with Crippen LogP contribution in [0, 0.1) is 0 Å². The van der Waals surface area contributed by atoms with Crippen molar-refractivity contribution in [2.75, 3.05) is 40.9 Å². The molecule has 0 aromatic rings. The number of carbonyl (C=O) groups is 1. The molecular formula is C82H150N2O6P+. The van der Waals surface area contributed by atoms with Gasteiger partial charge in [-0.05, 0) is 96.3 Å². The normalized spacial score (nSPS) is 14.1. The van der Waals surface area contributed by atoms with Gasteiger partial charge in [0, 0.05) is 6.42 Å². The predicted molar refractivity (Wildman–Crippen MR) is 401 cm³/mol. The minimum atomic E-state index is -4.37. The van der Waals surface area contributed by atoms with Gasteiger partial charge in [-0.25, -0.2) is 4.57 Å². The summed E-state index contributed by atoms with van der Waals surface area (Å²) >= 11 is 0. The number of unbranched alkanes of at least 4 members (excludes halogenated alkanes) is 42. The van der Waals surface area contributed by atoms with Crippen LogP contribution in [0.2, 0.25) is 0 Å². The third-order valence-corrected chi connectivity index (χ3v) is 18.2. The largest absolute Gasteiger partial charge is 0.472 e. The average Bonchev–Trinajstić information content (AvgIpc) is 3.59. The first-order valence-corrected chi connectivity index (χ1v) is 40.3. The standard InChI is InChI=1S/C82H149N2O6P/c1-6-8-10-12-14-16-18-20-22-24-26-28-30-32-34-36-37-38-39-40-41-42-43-44-45-46-47-48-50-52-54-56-58-60-62-64-66-68-70-72-74-76-82(86)83-80(79-90-91(87,88)89-78-77-84(3,4)5)81(85)75-73-71-69-67-65-63-61-59-57-55-53-51-49-35-33-31-29-27-25-23-21-19-17-15-13-11-9-7-2/h8,10,14,16,20,22,26,28,32,34,37-38,57,59,65,67,73,75,80-81,85H,6-7,9,11-13,15,17-19,21,23-25,27,29-31,33,35-36,39-56,58,60-64,66,68-72,74,76-79H2,1-5H3,(H-,83,86,87,88)/p+1/b10-8-,16-14-,22-20-,28-26-,34-32-,38-37-,59-57+,67-65+,75-73+. The van der Waals surface area contributed by atoms with E-state index in [0.717, 1.165) is 83.5 Å². The van der Waals surface area contributed by atoms with Crippen molar-refractivity contribution in [2.45, 2.75) is 366 Å². The lowest BCUT2D eigenvalue weighted by Gasteiger charge is -2.25. The molecule has 0 aliphatic carbocycles. The Labute approximate surface area is 565 Å². The van der Waals surface area contributed by atoms with Crippen molar-refractivity contribution in [3.8, 4) is 0 Å². The van der Waals surface area contributed by atoms with Crippen LogP contribution in [-0.2, 0) is 18.4 Å². The van der Waals surface area contributed by atoms with Crippen molar-refractivity contribution in [1.29, 1.82) is 0 Å². The number of nitrogens with zero attached hydrogens (tertiary/aromatic N) is 1. The van der Waals surface area contributed by atoms with Crippen molar-refractivity contribution in [2.24, 2.45) is 0 Å². The zero-order valence-corrected chi connectivity index (χ0v) is 61.5. The number of amides is 1. The molecule has 3 atom stereocenters. The van der Waals surface area contributed by atoms with Gasteiger partial charge in [-0.1, -0.05) is 361 Å². The second-order valence-corrected chi connectivity index (χ2v) is 28.8. The first kappa shape index (κ1) is 88.2. The Bertz CT molecular complexity index is 1860. The van der Waals surface area contributed by atoms with E-state index in [0.29, 0.717) is 17.4 Å². The van der Waals surface area contributed by atoms with Gasteiger partial charge in [-0.2, -0.15) is 0 Å². The number of carbonyl (C=O) groups excluding carboxylic acids is 1. The van der Waals surface area contributed by atoms with E-state index in [-0.39, 0.29) is 19.1 Å². The molecule has 0 aromatic heterocycles. The fourth-order valence-corrected chi connectivity index (χ4v) is 12.0. The second-order valence-electron chi connectivity index (χ2n) is 27.3. The molecule has 0 aliphatic rings. The molecule has 1 amide bonds. The summed E-state index contributed by atoms with van der Waals surface area (Å²) in [6.45, 7) is 4.71. The van der Waals surface area contributed by atoms with Crippen LogP contribution >= 0.6 is 7.82 Å². The minimum absolute atomic E-state index is 0.0518. The van der Waals surface area contributed by atoms with E-state index in [4.69, 9.17) is 9.05 Å². The zero-order chi connectivity index (χ0) is 66.2. The van der Waals surface area contributed by atoms with Gasteiger partial charge in [0.15, 0.2) is 0 Å². The Morgan fingerprint density at radius 2 is 0.670 bits per heavy atom. The molecule has 0 spiro atoms. The second kappa shape index (κ2) is 71.5. The van der Waals surface area contributed by atoms with Gasteiger partial charge in [0.2, 0.25) is 5.91 Å². The van der Waals surface area contributed by atoms with Crippen molar-refractivity contribution in [3.05, 3.63) is 109 Å². The number of rotatable bonds is 71. The summed E-state index contributed by atoms with van der Waals surface area (Å²) in [6, 6.07) is -0.875. The van der Waals surface area contributed by atoms with E-state index in [2.05, 4.69) is 116 Å². The third-order valence-electron chi connectivity index (χ3n) is 17.2. The molecule has 0 radical (unpaired) electrons. The SMILES string of the molecule is CC/C=C\C/C=C\C/C=C\C/C=C\C/C=C\C/C=C\CCCCCCCCCCCCCCCCCCCCCCCCC(=O)NC(COP(=O)(O)OCC[N+](C)(C)C)C(O)/C=C/CC/C=C/CC/C=C/CCCCCCCCCCCCCCCCCCCC. The van der Waals surface area contributed by atoms with Crippen LogP contribution in [0.5, 0.6) is 0 Å². The van der Waals surface area contributed by atoms with Crippen molar-refractivity contribution in [1.82, 2.24) is 5.32 Å². The number of hydrogen-bond acceptors (Lipinski definition) is 5. The smallest absolute Gasteiger partial charge is 0.387 e. The van der Waals surface area contributed by atoms with Crippen molar-refractivity contribution < 1.29 is 32.9 Å². The third kappa shape index (κ3) is 74.4. The molecule has 0 heterocycles. The summed E-state index contributed by atoms with van der Waals surface area (Å²) in [6.07, 6.45) is 106. The highest BCUT2D eigenvalue weighted by Gasteiger charge is 2.28. The van der Waals surface area contributed by atoms with E-state index in [1.807, 2.05) is 27.2 Å². The molecule has 0 rings (SSSR count). The van der Waals surface area contributed by atoms with Gasteiger partial charge in [0.1, 0.15) is 13.2 Å². The molecule has 0 bridgehead atoms. The maximum Gasteiger partial charge on any atom is 0.472 e. The van der Waals surface area contributed by atoms with E-state index in [1.165, 1.54) is 250 Å². The number of allylic oxidation sites excluding steroid dienone is 17. The lowest BCUT2D eigenvalue weighted by molar-refractivity contribution is -0.870. The van der Waals surface area contributed by atoms with Gasteiger partial charge in [-0.15, -0.1) is 0 Å². The van der Waals surface area contributed by atoms with Crippen molar-refractivity contribution >= 4 is 13.7 Å². The number of phosphoric acid groups is 1. The van der Waals surface area contributed by atoms with Gasteiger partial charge >= 0.3 is 7.82 Å². The fraction of sp³-hybridized carbons (Fsp3) is 0.768. The first-order chi connectivity index (χ1) is 44.5. The van der Waals surface area contributed by atoms with Gasteiger partial charge in [0.25, 0.3) is 0 Å². The molecular weight excluding hydrogens is 1140 g/mol. The molecule has 0 saturated heterocycles. The highest BCUT2D eigenvalue weighted by atomic mass is 31.2. The van der Waals surface area contributed by atoms with Crippen molar-refractivity contribution in [3.63, 3.8) is 0 Å². The molecule has 0 aromatic carbocycles. The monoisotopic (exact) mass is 1290 g/mol. The molecule has 3 N–H and O–H groups in total. The summed E-state index contributed by atoms with van der Waals surface area (Å²) in [4.78, 5) is 23.5. The Balaban J connectivity index is 4.02. The Hall–Kier alpha value is -2.84. The number of aliphatic hydroxyl groups excluding tert-OH is 1. The molecule has 91 heavy (non-hydrogen) atoms. The van der Waals surface area contributed by atoms with Gasteiger partial charge in [-0.3, -0.25) is 13.8 Å². The number of hydrogen-bond donors (Lipinski definition) is 3. The Morgan fingerprint density at radius 3 is 1.01 bits per heavy atom. The van der Waals surface area contributed by atoms with Crippen LogP contribution in [0.1, 0.15) is 354 Å². The number of quaternary nitrogens is 1. The lowest BCUT2D eigenvalue weighted by atomic mass is 10.0.